The molecule has 0 saturated carbocycles. The Morgan fingerprint density at radius 1 is 1.48 bits per heavy atom. The molecular weight excluding hydrogens is 338 g/mol. The normalized spacial score (nSPS) is 22.0. The van der Waals surface area contributed by atoms with Gasteiger partial charge in [0.15, 0.2) is 0 Å². The van der Waals surface area contributed by atoms with Crippen LogP contribution in [-0.4, -0.2) is 43.5 Å². The number of carbonyl (C=O) groups excluding carboxylic acids is 1. The zero-order valence-corrected chi connectivity index (χ0v) is 14.0. The van der Waals surface area contributed by atoms with Gasteiger partial charge in [-0.2, -0.15) is 0 Å². The van der Waals surface area contributed by atoms with Crippen LogP contribution in [0.1, 0.15) is 27.9 Å². The number of hydrogen-bond acceptors (Lipinski definition) is 4. The monoisotopic (exact) mass is 357 g/mol. The first-order valence-electron chi connectivity index (χ1n) is 6.86. The van der Waals surface area contributed by atoms with Crippen molar-refractivity contribution in [2.45, 2.75) is 32.4 Å². The van der Waals surface area contributed by atoms with Crippen LogP contribution in [0.25, 0.3) is 0 Å². The van der Waals surface area contributed by atoms with E-state index in [4.69, 9.17) is 9.47 Å². The van der Waals surface area contributed by atoms with E-state index in [9.17, 15) is 9.90 Å². The number of amides is 1. The second-order valence-electron chi connectivity index (χ2n) is 5.20. The van der Waals surface area contributed by atoms with Crippen molar-refractivity contribution >= 4 is 21.8 Å². The fourth-order valence-electron chi connectivity index (χ4n) is 2.39. The summed E-state index contributed by atoms with van der Waals surface area (Å²) >= 11 is 3.46. The van der Waals surface area contributed by atoms with Gasteiger partial charge in [0.2, 0.25) is 0 Å². The van der Waals surface area contributed by atoms with Gasteiger partial charge in [-0.1, -0.05) is 15.9 Å². The number of methoxy groups -OCH3 is 1. The van der Waals surface area contributed by atoms with Crippen LogP contribution in [-0.2, 0) is 4.74 Å². The second-order valence-corrected chi connectivity index (χ2v) is 6.05. The van der Waals surface area contributed by atoms with E-state index in [2.05, 4.69) is 21.2 Å². The number of ether oxygens (including phenoxy) is 2. The molecule has 1 heterocycles. The van der Waals surface area contributed by atoms with Crippen LogP contribution in [0.3, 0.4) is 0 Å². The van der Waals surface area contributed by atoms with E-state index in [1.807, 2.05) is 13.8 Å². The van der Waals surface area contributed by atoms with Gasteiger partial charge in [-0.05, 0) is 37.5 Å². The average Bonchev–Trinajstić information content (AvgIpc) is 2.46. The molecule has 116 valence electrons. The molecule has 2 atom stereocenters. The minimum atomic E-state index is -0.580. The minimum Gasteiger partial charge on any atom is -0.496 e. The molecule has 2 N–H and O–H groups in total. The lowest BCUT2D eigenvalue weighted by atomic mass is 10.0. The molecule has 1 aromatic carbocycles. The number of halogens is 1. The van der Waals surface area contributed by atoms with Crippen molar-refractivity contribution in [1.82, 2.24) is 5.32 Å². The Kier molecular flexibility index (Phi) is 5.24. The predicted molar refractivity (Wildman–Crippen MR) is 82.9 cm³/mol. The van der Waals surface area contributed by atoms with Crippen LogP contribution in [0.15, 0.2) is 10.5 Å². The largest absolute Gasteiger partial charge is 0.496 e. The summed E-state index contributed by atoms with van der Waals surface area (Å²) in [6, 6.07) is 1.35. The molecule has 0 radical (unpaired) electrons. The van der Waals surface area contributed by atoms with E-state index in [-0.39, 0.29) is 5.91 Å². The lowest BCUT2D eigenvalue weighted by molar-refractivity contribution is -0.0140. The molecule has 0 bridgehead atoms. The molecule has 1 saturated heterocycles. The van der Waals surface area contributed by atoms with Gasteiger partial charge in [-0.25, -0.2) is 0 Å². The molecule has 1 aromatic rings. The minimum absolute atomic E-state index is 0.273. The molecule has 0 aliphatic carbocycles. The van der Waals surface area contributed by atoms with Crippen molar-refractivity contribution in [2.75, 3.05) is 20.3 Å². The van der Waals surface area contributed by atoms with Crippen molar-refractivity contribution in [3.63, 3.8) is 0 Å². The maximum atomic E-state index is 12.5. The third-order valence-corrected chi connectivity index (χ3v) is 4.69. The maximum Gasteiger partial charge on any atom is 0.255 e. The highest BCUT2D eigenvalue weighted by Crippen LogP contribution is 2.32. The fraction of sp³-hybridized carbons (Fsp3) is 0.533. The quantitative estimate of drug-likeness (QED) is 0.867. The Labute approximate surface area is 132 Å². The molecule has 1 fully saturated rings. The molecule has 1 aliphatic rings. The van der Waals surface area contributed by atoms with Crippen LogP contribution >= 0.6 is 15.9 Å². The number of carbonyl (C=O) groups is 1. The highest BCUT2D eigenvalue weighted by Gasteiger charge is 2.27. The summed E-state index contributed by atoms with van der Waals surface area (Å²) < 4.78 is 11.5. The Morgan fingerprint density at radius 2 is 2.19 bits per heavy atom. The van der Waals surface area contributed by atoms with Crippen molar-refractivity contribution < 1.29 is 19.4 Å². The van der Waals surface area contributed by atoms with Gasteiger partial charge in [0.1, 0.15) is 5.75 Å². The van der Waals surface area contributed by atoms with Crippen LogP contribution in [0, 0.1) is 13.8 Å². The summed E-state index contributed by atoms with van der Waals surface area (Å²) in [6.07, 6.45) is -0.0534. The number of benzene rings is 1. The molecule has 21 heavy (non-hydrogen) atoms. The standard InChI is InChI=1S/C15H20BrNO4/c1-8-9(2)14(20-3)10(6-11(8)16)15(19)17-12-7-21-5-4-13(12)18/h6,12-13,18H,4-5,7H2,1-3H3,(H,17,19)/t12-,13-/m0/s1. The summed E-state index contributed by atoms with van der Waals surface area (Å²) in [7, 11) is 1.55. The van der Waals surface area contributed by atoms with Crippen molar-refractivity contribution in [1.29, 1.82) is 0 Å². The number of nitrogens with one attached hydrogen (secondary N) is 1. The Morgan fingerprint density at radius 3 is 2.81 bits per heavy atom. The molecule has 6 heteroatoms. The van der Waals surface area contributed by atoms with Gasteiger partial charge in [0.05, 0.1) is 31.4 Å². The predicted octanol–water partition coefficient (Wildman–Crippen LogP) is 1.95. The molecule has 0 spiro atoms. The van der Waals surface area contributed by atoms with Crippen molar-refractivity contribution in [3.05, 3.63) is 27.2 Å². The van der Waals surface area contributed by atoms with E-state index >= 15 is 0 Å². The van der Waals surface area contributed by atoms with Crippen LogP contribution in [0.5, 0.6) is 5.75 Å². The molecule has 2 rings (SSSR count). The lowest BCUT2D eigenvalue weighted by Crippen LogP contribution is -2.49. The van der Waals surface area contributed by atoms with E-state index < -0.39 is 12.1 Å². The van der Waals surface area contributed by atoms with Crippen LogP contribution in [0.2, 0.25) is 0 Å². The number of aliphatic hydroxyl groups excluding tert-OH is 1. The van der Waals surface area contributed by atoms with Crippen LogP contribution in [0.4, 0.5) is 0 Å². The molecule has 5 nitrogen and oxygen atoms in total. The van der Waals surface area contributed by atoms with Crippen LogP contribution < -0.4 is 10.1 Å². The van der Waals surface area contributed by atoms with Crippen molar-refractivity contribution in [2.24, 2.45) is 0 Å². The Bertz CT molecular complexity index is 547. The van der Waals surface area contributed by atoms with E-state index in [1.54, 1.807) is 13.2 Å². The lowest BCUT2D eigenvalue weighted by Gasteiger charge is -2.28. The van der Waals surface area contributed by atoms with Gasteiger partial charge in [0.25, 0.3) is 5.91 Å². The first kappa shape index (κ1) is 16.3. The maximum absolute atomic E-state index is 12.5. The van der Waals surface area contributed by atoms with E-state index in [0.717, 1.165) is 15.6 Å². The molecular formula is C15H20BrNO4. The number of hydrogen-bond donors (Lipinski definition) is 2. The number of rotatable bonds is 3. The average molecular weight is 358 g/mol. The third kappa shape index (κ3) is 3.39. The highest BCUT2D eigenvalue weighted by molar-refractivity contribution is 9.10. The topological polar surface area (TPSA) is 67.8 Å². The third-order valence-electron chi connectivity index (χ3n) is 3.86. The Hall–Kier alpha value is -1.11. The molecule has 1 amide bonds. The zero-order valence-electron chi connectivity index (χ0n) is 12.4. The van der Waals surface area contributed by atoms with Gasteiger partial charge >= 0.3 is 0 Å². The van der Waals surface area contributed by atoms with E-state index in [0.29, 0.717) is 30.9 Å². The summed E-state index contributed by atoms with van der Waals surface area (Å²) in [5, 5.41) is 12.7. The Balaban J connectivity index is 2.26. The van der Waals surface area contributed by atoms with Crippen molar-refractivity contribution in [3.8, 4) is 5.75 Å². The van der Waals surface area contributed by atoms with E-state index in [1.165, 1.54) is 0 Å². The summed E-state index contributed by atoms with van der Waals surface area (Å²) in [4.78, 5) is 12.5. The summed E-state index contributed by atoms with van der Waals surface area (Å²) in [6.45, 7) is 4.71. The van der Waals surface area contributed by atoms with Gasteiger partial charge in [-0.15, -0.1) is 0 Å². The SMILES string of the molecule is COc1c(C(=O)N[C@H]2COCC[C@@H]2O)cc(Br)c(C)c1C. The highest BCUT2D eigenvalue weighted by atomic mass is 79.9. The summed E-state index contributed by atoms with van der Waals surface area (Å²) in [5.41, 5.74) is 2.40. The van der Waals surface area contributed by atoms with Gasteiger partial charge < -0.3 is 19.9 Å². The second kappa shape index (κ2) is 6.77. The molecule has 0 unspecified atom stereocenters. The summed E-state index contributed by atoms with van der Waals surface area (Å²) in [5.74, 6) is 0.282. The van der Waals surface area contributed by atoms with Gasteiger partial charge in [-0.3, -0.25) is 4.79 Å². The molecule has 1 aliphatic heterocycles. The van der Waals surface area contributed by atoms with Gasteiger partial charge in [0, 0.05) is 11.1 Å². The fourth-order valence-corrected chi connectivity index (χ4v) is 2.92. The smallest absolute Gasteiger partial charge is 0.255 e. The first-order chi connectivity index (χ1) is 9.95. The zero-order chi connectivity index (χ0) is 15.6. The first-order valence-corrected chi connectivity index (χ1v) is 7.65. The number of aliphatic hydroxyl groups is 1. The molecule has 0 aromatic heterocycles.